The van der Waals surface area contributed by atoms with Crippen LogP contribution in [0.3, 0.4) is 0 Å². The lowest BCUT2D eigenvalue weighted by atomic mass is 10.1. The van der Waals surface area contributed by atoms with Crippen LogP contribution in [0.2, 0.25) is 0 Å². The molecule has 0 aliphatic rings. The Kier molecular flexibility index (Phi) is 8.35. The van der Waals surface area contributed by atoms with Gasteiger partial charge in [-0.1, -0.05) is 48.1 Å². The van der Waals surface area contributed by atoms with Crippen LogP contribution < -0.4 is 14.8 Å². The van der Waals surface area contributed by atoms with Crippen molar-refractivity contribution in [3.8, 4) is 17.6 Å². The van der Waals surface area contributed by atoms with Crippen molar-refractivity contribution in [1.29, 1.82) is 5.26 Å². The average molecular weight is 449 g/mol. The van der Waals surface area contributed by atoms with Crippen LogP contribution in [-0.4, -0.2) is 29.3 Å². The number of nitrogens with zero attached hydrogens (tertiary/aromatic N) is 3. The van der Waals surface area contributed by atoms with Crippen LogP contribution in [0.4, 0.5) is 5.13 Å². The van der Waals surface area contributed by atoms with Crippen LogP contribution >= 0.6 is 11.3 Å². The lowest BCUT2D eigenvalue weighted by Gasteiger charge is -2.09. The number of carbonyl (C=O) groups excluding carboxylic acids is 1. The summed E-state index contributed by atoms with van der Waals surface area (Å²) < 4.78 is 11.3. The van der Waals surface area contributed by atoms with E-state index in [0.717, 1.165) is 23.6 Å². The molecule has 0 atom stereocenters. The third-order valence-electron chi connectivity index (χ3n) is 4.35. The molecule has 32 heavy (non-hydrogen) atoms. The highest BCUT2D eigenvalue weighted by Crippen LogP contribution is 2.19. The highest BCUT2D eigenvalue weighted by Gasteiger charge is 2.12. The van der Waals surface area contributed by atoms with Gasteiger partial charge in [0.2, 0.25) is 5.13 Å². The highest BCUT2D eigenvalue weighted by molar-refractivity contribution is 7.15. The van der Waals surface area contributed by atoms with E-state index in [1.54, 1.807) is 24.3 Å². The minimum Gasteiger partial charge on any atom is -0.490 e. The van der Waals surface area contributed by atoms with E-state index in [2.05, 4.69) is 15.5 Å². The van der Waals surface area contributed by atoms with E-state index in [1.165, 1.54) is 23.0 Å². The topological polar surface area (TPSA) is 97.1 Å². The Labute approximate surface area is 191 Å². The summed E-state index contributed by atoms with van der Waals surface area (Å²) in [6.45, 7) is 4.90. The van der Waals surface area contributed by atoms with Crippen molar-refractivity contribution in [3.05, 3.63) is 70.2 Å². The molecule has 3 aromatic rings. The van der Waals surface area contributed by atoms with E-state index >= 15 is 0 Å². The van der Waals surface area contributed by atoms with Crippen molar-refractivity contribution >= 4 is 28.5 Å². The number of ether oxygens (including phenoxy) is 2. The van der Waals surface area contributed by atoms with Gasteiger partial charge in [-0.15, -0.1) is 10.2 Å². The van der Waals surface area contributed by atoms with E-state index in [-0.39, 0.29) is 5.57 Å². The summed E-state index contributed by atoms with van der Waals surface area (Å²) in [4.78, 5) is 12.4. The zero-order valence-corrected chi connectivity index (χ0v) is 18.8. The summed E-state index contributed by atoms with van der Waals surface area (Å²) in [6.07, 6.45) is 3.28. The molecule has 1 heterocycles. The van der Waals surface area contributed by atoms with E-state index in [1.807, 2.05) is 44.2 Å². The summed E-state index contributed by atoms with van der Waals surface area (Å²) in [6, 6.07) is 16.9. The Balaban J connectivity index is 1.51. The van der Waals surface area contributed by atoms with Gasteiger partial charge in [0.25, 0.3) is 5.91 Å². The molecule has 0 radical (unpaired) electrons. The molecule has 1 amide bonds. The van der Waals surface area contributed by atoms with Crippen LogP contribution in [-0.2, 0) is 11.2 Å². The summed E-state index contributed by atoms with van der Waals surface area (Å²) in [5, 5.41) is 21.2. The van der Waals surface area contributed by atoms with Crippen LogP contribution in [0.25, 0.3) is 6.08 Å². The number of anilines is 1. The normalized spacial score (nSPS) is 11.0. The molecule has 0 bridgehead atoms. The number of hydrogen-bond donors (Lipinski definition) is 1. The van der Waals surface area contributed by atoms with E-state index in [4.69, 9.17) is 9.47 Å². The predicted octanol–water partition coefficient (Wildman–Crippen LogP) is 4.80. The number of aromatic nitrogens is 2. The molecular formula is C24H24N4O3S. The Morgan fingerprint density at radius 2 is 1.69 bits per heavy atom. The first-order valence-electron chi connectivity index (χ1n) is 10.2. The van der Waals surface area contributed by atoms with E-state index in [9.17, 15) is 10.1 Å². The first kappa shape index (κ1) is 23.0. The summed E-state index contributed by atoms with van der Waals surface area (Å²) >= 11 is 1.31. The minimum atomic E-state index is -0.514. The van der Waals surface area contributed by atoms with Crippen molar-refractivity contribution in [2.45, 2.75) is 26.7 Å². The second-order valence-electron chi connectivity index (χ2n) is 6.95. The standard InChI is InChI=1S/C24H24N4O3S/c1-3-4-22-27-28-24(32-22)26-23(29)19(16-25)15-18-7-11-21(12-8-18)31-14-13-30-20-9-5-17(2)6-10-20/h5-12,15H,3-4,13-14H2,1-2H3,(H,26,28,29)/b19-15-. The molecule has 8 heteroatoms. The molecule has 0 saturated carbocycles. The molecule has 2 aromatic carbocycles. The molecule has 1 aromatic heterocycles. The van der Waals surface area contributed by atoms with Crippen molar-refractivity contribution in [2.75, 3.05) is 18.5 Å². The Morgan fingerprint density at radius 3 is 2.28 bits per heavy atom. The molecule has 1 N–H and O–H groups in total. The maximum absolute atomic E-state index is 12.4. The van der Waals surface area contributed by atoms with Gasteiger partial charge in [-0.05, 0) is 49.2 Å². The van der Waals surface area contributed by atoms with Gasteiger partial charge in [-0.2, -0.15) is 5.26 Å². The lowest BCUT2D eigenvalue weighted by Crippen LogP contribution is -2.13. The second-order valence-corrected chi connectivity index (χ2v) is 8.02. The zero-order chi connectivity index (χ0) is 22.8. The number of aryl methyl sites for hydroxylation is 2. The summed E-state index contributed by atoms with van der Waals surface area (Å²) in [5.74, 6) is 0.965. The molecular weight excluding hydrogens is 424 g/mol. The fourth-order valence-corrected chi connectivity index (χ4v) is 3.55. The first-order chi connectivity index (χ1) is 15.6. The molecule has 0 fully saturated rings. The molecule has 7 nitrogen and oxygen atoms in total. The molecule has 0 unspecified atom stereocenters. The number of benzene rings is 2. The maximum atomic E-state index is 12.4. The number of rotatable bonds is 10. The van der Waals surface area contributed by atoms with Crippen molar-refractivity contribution in [3.63, 3.8) is 0 Å². The maximum Gasteiger partial charge on any atom is 0.268 e. The Hall–Kier alpha value is -3.70. The Bertz CT molecular complexity index is 1100. The lowest BCUT2D eigenvalue weighted by molar-refractivity contribution is -0.112. The van der Waals surface area contributed by atoms with Crippen LogP contribution in [0.15, 0.2) is 54.1 Å². The van der Waals surface area contributed by atoms with Gasteiger partial charge in [-0.25, -0.2) is 0 Å². The van der Waals surface area contributed by atoms with Crippen molar-refractivity contribution in [1.82, 2.24) is 10.2 Å². The van der Waals surface area contributed by atoms with Gasteiger partial charge < -0.3 is 9.47 Å². The number of amides is 1. The van der Waals surface area contributed by atoms with Crippen LogP contribution in [0.1, 0.15) is 29.5 Å². The molecule has 0 aliphatic heterocycles. The summed E-state index contributed by atoms with van der Waals surface area (Å²) in [5.41, 5.74) is 1.88. The first-order valence-corrected chi connectivity index (χ1v) is 11.1. The van der Waals surface area contributed by atoms with Gasteiger partial charge in [-0.3, -0.25) is 10.1 Å². The number of carbonyl (C=O) groups is 1. The van der Waals surface area contributed by atoms with Gasteiger partial charge in [0.15, 0.2) is 0 Å². The minimum absolute atomic E-state index is 0.0163. The van der Waals surface area contributed by atoms with E-state index < -0.39 is 5.91 Å². The third-order valence-corrected chi connectivity index (χ3v) is 5.25. The van der Waals surface area contributed by atoms with Crippen LogP contribution in [0.5, 0.6) is 11.5 Å². The molecule has 0 aliphatic carbocycles. The highest BCUT2D eigenvalue weighted by atomic mass is 32.1. The number of nitriles is 1. The smallest absolute Gasteiger partial charge is 0.268 e. The van der Waals surface area contributed by atoms with Crippen LogP contribution in [0, 0.1) is 18.3 Å². The molecule has 3 rings (SSSR count). The zero-order valence-electron chi connectivity index (χ0n) is 18.0. The van der Waals surface area contributed by atoms with Gasteiger partial charge >= 0.3 is 0 Å². The van der Waals surface area contributed by atoms with Crippen molar-refractivity contribution in [2.24, 2.45) is 0 Å². The third kappa shape index (κ3) is 6.93. The average Bonchev–Trinajstić information content (AvgIpc) is 3.24. The second kappa shape index (κ2) is 11.6. The Morgan fingerprint density at radius 1 is 1.06 bits per heavy atom. The summed E-state index contributed by atoms with van der Waals surface area (Å²) in [7, 11) is 0. The fraction of sp³-hybridized carbons (Fsp3) is 0.250. The molecule has 0 spiro atoms. The molecule has 164 valence electrons. The van der Waals surface area contributed by atoms with Crippen molar-refractivity contribution < 1.29 is 14.3 Å². The SMILES string of the molecule is CCCc1nnc(NC(=O)/C(C#N)=C\c2ccc(OCCOc3ccc(C)cc3)cc2)s1. The largest absolute Gasteiger partial charge is 0.490 e. The van der Waals surface area contributed by atoms with Gasteiger partial charge in [0.05, 0.1) is 0 Å². The molecule has 0 saturated heterocycles. The van der Waals surface area contributed by atoms with Gasteiger partial charge in [0.1, 0.15) is 41.4 Å². The number of hydrogen-bond acceptors (Lipinski definition) is 7. The number of nitrogens with one attached hydrogen (secondary N) is 1. The fourth-order valence-electron chi connectivity index (χ4n) is 2.71. The predicted molar refractivity (Wildman–Crippen MR) is 125 cm³/mol. The van der Waals surface area contributed by atoms with Gasteiger partial charge in [0, 0.05) is 6.42 Å². The van der Waals surface area contributed by atoms with E-state index in [0.29, 0.717) is 29.7 Å². The monoisotopic (exact) mass is 448 g/mol. The quantitative estimate of drug-likeness (QED) is 0.272.